The monoisotopic (exact) mass is 241 g/mol. The normalized spacial score (nSPS) is 10.9. The van der Waals surface area contributed by atoms with Gasteiger partial charge in [0.15, 0.2) is 6.29 Å². The molecule has 0 saturated heterocycles. The van der Waals surface area contributed by atoms with Crippen molar-refractivity contribution in [2.45, 2.75) is 13.8 Å². The van der Waals surface area contributed by atoms with Crippen molar-refractivity contribution in [1.82, 2.24) is 4.98 Å². The summed E-state index contributed by atoms with van der Waals surface area (Å²) in [5.74, 6) is -0.0643. The fraction of sp³-hybridized carbons (Fsp3) is 0.200. The Balaban J connectivity index is 2.99. The zero-order valence-corrected chi connectivity index (χ0v) is 9.74. The molecule has 2 aromatic heterocycles. The lowest BCUT2D eigenvalue weighted by molar-refractivity contribution is 0.112. The minimum Gasteiger partial charge on any atom is -0.506 e. The molecule has 0 saturated carbocycles. The summed E-state index contributed by atoms with van der Waals surface area (Å²) in [7, 11) is 0. The van der Waals surface area contributed by atoms with Gasteiger partial charge in [-0.3, -0.25) is 4.79 Å². The highest BCUT2D eigenvalue weighted by atomic mass is 35.5. The number of aryl methyl sites for hydroxylation is 2. The molecule has 0 aliphatic carbocycles. The summed E-state index contributed by atoms with van der Waals surface area (Å²) in [6.07, 6.45) is 0.630. The molecule has 1 N–H and O–H groups in total. The summed E-state index contributed by atoms with van der Waals surface area (Å²) >= 11 is 7.17. The maximum atomic E-state index is 10.7. The highest BCUT2D eigenvalue weighted by Gasteiger charge is 2.17. The predicted molar refractivity (Wildman–Crippen MR) is 61.2 cm³/mol. The topological polar surface area (TPSA) is 50.2 Å². The first kappa shape index (κ1) is 10.4. The van der Waals surface area contributed by atoms with E-state index in [4.69, 9.17) is 11.6 Å². The predicted octanol–water partition coefficient (Wildman–Crippen LogP) is 3.08. The molecule has 0 radical (unpaired) electrons. The smallest absolute Gasteiger partial charge is 0.163 e. The fourth-order valence-electron chi connectivity index (χ4n) is 1.43. The van der Waals surface area contributed by atoms with Crippen molar-refractivity contribution >= 4 is 39.3 Å². The summed E-state index contributed by atoms with van der Waals surface area (Å²) < 4.78 is 0.826. The first-order chi connectivity index (χ1) is 7.06. The van der Waals surface area contributed by atoms with Crippen LogP contribution < -0.4 is 0 Å². The van der Waals surface area contributed by atoms with E-state index in [2.05, 4.69) is 4.98 Å². The number of thiophene rings is 1. The third-order valence-electron chi connectivity index (χ3n) is 2.37. The molecule has 0 unspecified atom stereocenters. The summed E-state index contributed by atoms with van der Waals surface area (Å²) in [6.45, 7) is 3.74. The van der Waals surface area contributed by atoms with Gasteiger partial charge in [-0.2, -0.15) is 0 Å². The highest BCUT2D eigenvalue weighted by molar-refractivity contribution is 7.21. The maximum absolute atomic E-state index is 10.7. The van der Waals surface area contributed by atoms with Crippen molar-refractivity contribution in [3.05, 3.63) is 21.3 Å². The van der Waals surface area contributed by atoms with Crippen molar-refractivity contribution in [3.8, 4) is 5.75 Å². The first-order valence-electron chi connectivity index (χ1n) is 4.29. The van der Waals surface area contributed by atoms with E-state index in [0.717, 1.165) is 16.0 Å². The molecular weight excluding hydrogens is 234 g/mol. The van der Waals surface area contributed by atoms with Crippen LogP contribution in [0.15, 0.2) is 0 Å². The van der Waals surface area contributed by atoms with E-state index in [-0.39, 0.29) is 10.9 Å². The Hall–Kier alpha value is -1.13. The second kappa shape index (κ2) is 3.47. The van der Waals surface area contributed by atoms with Crippen LogP contribution in [0.5, 0.6) is 5.75 Å². The molecule has 2 rings (SSSR count). The van der Waals surface area contributed by atoms with Gasteiger partial charge < -0.3 is 5.11 Å². The summed E-state index contributed by atoms with van der Waals surface area (Å²) in [5.41, 5.74) is 1.76. The zero-order chi connectivity index (χ0) is 11.2. The van der Waals surface area contributed by atoms with Crippen molar-refractivity contribution < 1.29 is 9.90 Å². The lowest BCUT2D eigenvalue weighted by atomic mass is 10.2. The number of fused-ring (bicyclic) bond motifs is 1. The molecule has 0 aliphatic heterocycles. The molecule has 0 atom stereocenters. The van der Waals surface area contributed by atoms with Gasteiger partial charge in [0.05, 0.1) is 5.39 Å². The number of aromatic hydroxyl groups is 1. The molecule has 2 heterocycles. The molecule has 0 aromatic carbocycles. The van der Waals surface area contributed by atoms with E-state index in [1.807, 2.05) is 13.8 Å². The van der Waals surface area contributed by atoms with Crippen molar-refractivity contribution in [2.75, 3.05) is 0 Å². The van der Waals surface area contributed by atoms with E-state index in [0.29, 0.717) is 16.5 Å². The second-order valence-electron chi connectivity index (χ2n) is 3.25. The zero-order valence-electron chi connectivity index (χ0n) is 8.17. The van der Waals surface area contributed by atoms with E-state index >= 15 is 0 Å². The van der Waals surface area contributed by atoms with Gasteiger partial charge in [-0.15, -0.1) is 11.3 Å². The van der Waals surface area contributed by atoms with Crippen molar-refractivity contribution in [3.63, 3.8) is 0 Å². The first-order valence-corrected chi connectivity index (χ1v) is 5.49. The van der Waals surface area contributed by atoms with E-state index in [1.165, 1.54) is 11.3 Å². The summed E-state index contributed by atoms with van der Waals surface area (Å²) in [5, 5.41) is 10.5. The van der Waals surface area contributed by atoms with Gasteiger partial charge in [0.25, 0.3) is 0 Å². The van der Waals surface area contributed by atoms with Gasteiger partial charge in [0.2, 0.25) is 0 Å². The molecule has 0 bridgehead atoms. The number of carbonyl (C=O) groups excluding carboxylic acids is 1. The summed E-state index contributed by atoms with van der Waals surface area (Å²) in [6, 6.07) is 0. The van der Waals surface area contributed by atoms with Crippen LogP contribution in [0.1, 0.15) is 20.9 Å². The molecule has 5 heteroatoms. The standard InChI is InChI=1S/C10H8ClNO2S/c1-4-5(2)12-10(11)7-8(14)6(3-13)15-9(4)7/h3,14H,1-2H3. The number of halogens is 1. The SMILES string of the molecule is Cc1nc(Cl)c2c(O)c(C=O)sc2c1C. The maximum Gasteiger partial charge on any atom is 0.163 e. The van der Waals surface area contributed by atoms with Crippen LogP contribution in [-0.4, -0.2) is 16.4 Å². The van der Waals surface area contributed by atoms with Gasteiger partial charge in [0, 0.05) is 10.4 Å². The molecule has 0 fully saturated rings. The Morgan fingerprint density at radius 1 is 1.47 bits per heavy atom. The molecule has 3 nitrogen and oxygen atoms in total. The van der Waals surface area contributed by atoms with Gasteiger partial charge in [-0.05, 0) is 19.4 Å². The third-order valence-corrected chi connectivity index (χ3v) is 3.87. The number of nitrogens with zero attached hydrogens (tertiary/aromatic N) is 1. The average molecular weight is 242 g/mol. The van der Waals surface area contributed by atoms with Crippen LogP contribution in [0, 0.1) is 13.8 Å². The number of hydrogen-bond donors (Lipinski definition) is 1. The lowest BCUT2D eigenvalue weighted by Gasteiger charge is -2.02. The third kappa shape index (κ3) is 1.41. The average Bonchev–Trinajstić information content (AvgIpc) is 2.53. The number of hydrogen-bond acceptors (Lipinski definition) is 4. The number of rotatable bonds is 1. The number of carbonyl (C=O) groups is 1. The Morgan fingerprint density at radius 3 is 2.73 bits per heavy atom. The van der Waals surface area contributed by atoms with E-state index < -0.39 is 0 Å². The minimum absolute atomic E-state index is 0.0643. The lowest BCUT2D eigenvalue weighted by Crippen LogP contribution is -1.87. The number of aldehydes is 1. The minimum atomic E-state index is -0.0643. The van der Waals surface area contributed by atoms with Crippen LogP contribution >= 0.6 is 22.9 Å². The van der Waals surface area contributed by atoms with Crippen LogP contribution in [-0.2, 0) is 0 Å². The Labute approximate surface area is 95.3 Å². The van der Waals surface area contributed by atoms with Gasteiger partial charge in [-0.1, -0.05) is 11.6 Å². The van der Waals surface area contributed by atoms with Crippen molar-refractivity contribution in [2.24, 2.45) is 0 Å². The Bertz CT molecular complexity index is 562. The number of pyridine rings is 1. The van der Waals surface area contributed by atoms with Crippen LogP contribution in [0.2, 0.25) is 5.15 Å². The second-order valence-corrected chi connectivity index (χ2v) is 4.66. The molecule has 15 heavy (non-hydrogen) atoms. The fourth-order valence-corrected chi connectivity index (χ4v) is 2.86. The Morgan fingerprint density at radius 2 is 2.13 bits per heavy atom. The van der Waals surface area contributed by atoms with Gasteiger partial charge >= 0.3 is 0 Å². The van der Waals surface area contributed by atoms with Crippen LogP contribution in [0.4, 0.5) is 0 Å². The largest absolute Gasteiger partial charge is 0.506 e. The van der Waals surface area contributed by atoms with E-state index in [9.17, 15) is 9.90 Å². The van der Waals surface area contributed by atoms with Crippen LogP contribution in [0.3, 0.4) is 0 Å². The molecular formula is C10H8ClNO2S. The molecule has 0 aliphatic rings. The quantitative estimate of drug-likeness (QED) is 0.617. The number of aromatic nitrogens is 1. The van der Waals surface area contributed by atoms with Gasteiger partial charge in [0.1, 0.15) is 15.8 Å². The Kier molecular flexibility index (Phi) is 2.40. The highest BCUT2D eigenvalue weighted by Crippen LogP contribution is 2.41. The van der Waals surface area contributed by atoms with Crippen LogP contribution in [0.25, 0.3) is 10.1 Å². The molecule has 2 aromatic rings. The summed E-state index contributed by atoms with van der Waals surface area (Å²) in [4.78, 5) is 15.1. The molecule has 0 amide bonds. The van der Waals surface area contributed by atoms with Crippen molar-refractivity contribution in [1.29, 1.82) is 0 Å². The molecule has 78 valence electrons. The van der Waals surface area contributed by atoms with Gasteiger partial charge in [-0.25, -0.2) is 4.98 Å². The van der Waals surface area contributed by atoms with E-state index in [1.54, 1.807) is 0 Å². The molecule has 0 spiro atoms.